The number of amides is 1. The third kappa shape index (κ3) is 4.05. The van der Waals surface area contributed by atoms with Crippen LogP contribution in [0.4, 0.5) is 5.69 Å². The maximum absolute atomic E-state index is 12.4. The van der Waals surface area contributed by atoms with Gasteiger partial charge in [0.25, 0.3) is 5.91 Å². The Morgan fingerprint density at radius 3 is 2.67 bits per heavy atom. The maximum Gasteiger partial charge on any atom is 0.253 e. The van der Waals surface area contributed by atoms with Crippen LogP contribution < -0.4 is 10.6 Å². The zero-order valence-electron chi connectivity index (χ0n) is 12.5. The van der Waals surface area contributed by atoms with Gasteiger partial charge >= 0.3 is 0 Å². The highest BCUT2D eigenvalue weighted by atomic mass is 16.1. The number of carbonyl (C=O) groups is 1. The molecule has 1 atom stereocenters. The van der Waals surface area contributed by atoms with Crippen molar-refractivity contribution in [2.75, 3.05) is 11.9 Å². The molecule has 0 saturated heterocycles. The molecule has 2 N–H and O–H groups in total. The first-order valence-corrected chi connectivity index (χ1v) is 7.27. The van der Waals surface area contributed by atoms with Gasteiger partial charge in [-0.15, -0.1) is 0 Å². The Bertz CT molecular complexity index is 584. The molecule has 0 fully saturated rings. The second-order valence-electron chi connectivity index (χ2n) is 4.92. The molecule has 0 bridgehead atoms. The van der Waals surface area contributed by atoms with Gasteiger partial charge < -0.3 is 10.6 Å². The standard InChI is InChI=1S/C17H21N3O/c1-3-11-18-16-10-5-4-8-14(16)17(21)20-13(2)15-9-6-7-12-19-15/h4-10,12-13,18H,3,11H2,1-2H3,(H,20,21). The Labute approximate surface area is 125 Å². The number of nitrogens with zero attached hydrogens (tertiary/aromatic N) is 1. The van der Waals surface area contributed by atoms with E-state index in [1.54, 1.807) is 6.20 Å². The monoisotopic (exact) mass is 283 g/mol. The first kappa shape index (κ1) is 15.0. The number of nitrogens with one attached hydrogen (secondary N) is 2. The molecular weight excluding hydrogens is 262 g/mol. The number of aromatic nitrogens is 1. The van der Waals surface area contributed by atoms with Gasteiger partial charge in [-0.05, 0) is 37.6 Å². The summed E-state index contributed by atoms with van der Waals surface area (Å²) in [6, 6.07) is 13.1. The molecule has 1 amide bonds. The van der Waals surface area contributed by atoms with Gasteiger partial charge in [-0.2, -0.15) is 0 Å². The van der Waals surface area contributed by atoms with E-state index < -0.39 is 0 Å². The van der Waals surface area contributed by atoms with E-state index in [1.165, 1.54) is 0 Å². The van der Waals surface area contributed by atoms with Crippen molar-refractivity contribution < 1.29 is 4.79 Å². The van der Waals surface area contributed by atoms with E-state index in [-0.39, 0.29) is 11.9 Å². The SMILES string of the molecule is CCCNc1ccccc1C(=O)NC(C)c1ccccn1. The third-order valence-corrected chi connectivity index (χ3v) is 3.22. The minimum Gasteiger partial charge on any atom is -0.384 e. The predicted molar refractivity (Wildman–Crippen MR) is 85.3 cm³/mol. The molecule has 1 heterocycles. The minimum absolute atomic E-state index is 0.0904. The van der Waals surface area contributed by atoms with Crippen LogP contribution >= 0.6 is 0 Å². The Morgan fingerprint density at radius 2 is 1.95 bits per heavy atom. The van der Waals surface area contributed by atoms with Crippen molar-refractivity contribution in [1.82, 2.24) is 10.3 Å². The number of hydrogen-bond donors (Lipinski definition) is 2. The van der Waals surface area contributed by atoms with Gasteiger partial charge in [-0.1, -0.05) is 25.1 Å². The predicted octanol–water partition coefficient (Wildman–Crippen LogP) is 3.39. The quantitative estimate of drug-likeness (QED) is 0.854. The van der Waals surface area contributed by atoms with Crippen LogP contribution in [-0.4, -0.2) is 17.4 Å². The van der Waals surface area contributed by atoms with Crippen LogP contribution in [0.2, 0.25) is 0 Å². The van der Waals surface area contributed by atoms with Gasteiger partial charge in [-0.3, -0.25) is 9.78 Å². The number of hydrogen-bond acceptors (Lipinski definition) is 3. The van der Waals surface area contributed by atoms with Gasteiger partial charge in [0.15, 0.2) is 0 Å². The fourth-order valence-corrected chi connectivity index (χ4v) is 2.08. The van der Waals surface area contributed by atoms with E-state index in [0.717, 1.165) is 24.3 Å². The summed E-state index contributed by atoms with van der Waals surface area (Å²) >= 11 is 0. The summed E-state index contributed by atoms with van der Waals surface area (Å²) in [7, 11) is 0. The number of para-hydroxylation sites is 1. The fourth-order valence-electron chi connectivity index (χ4n) is 2.08. The first-order chi connectivity index (χ1) is 10.2. The number of benzene rings is 1. The van der Waals surface area contributed by atoms with Crippen LogP contribution in [0.1, 0.15) is 42.4 Å². The van der Waals surface area contributed by atoms with Crippen molar-refractivity contribution in [1.29, 1.82) is 0 Å². The molecule has 2 rings (SSSR count). The maximum atomic E-state index is 12.4. The molecule has 0 radical (unpaired) electrons. The molecule has 4 nitrogen and oxygen atoms in total. The summed E-state index contributed by atoms with van der Waals surface area (Å²) in [5.74, 6) is -0.0904. The molecule has 110 valence electrons. The lowest BCUT2D eigenvalue weighted by Gasteiger charge is -2.16. The van der Waals surface area contributed by atoms with Crippen LogP contribution in [0.25, 0.3) is 0 Å². The zero-order valence-corrected chi connectivity index (χ0v) is 12.5. The van der Waals surface area contributed by atoms with E-state index in [9.17, 15) is 4.79 Å². The molecule has 0 aliphatic rings. The van der Waals surface area contributed by atoms with Gasteiger partial charge in [0.05, 0.1) is 17.3 Å². The van der Waals surface area contributed by atoms with Gasteiger partial charge in [0, 0.05) is 18.4 Å². The highest BCUT2D eigenvalue weighted by Gasteiger charge is 2.14. The second kappa shape index (κ2) is 7.43. The number of carbonyl (C=O) groups excluding carboxylic acids is 1. The minimum atomic E-state index is -0.127. The highest BCUT2D eigenvalue weighted by Crippen LogP contribution is 2.17. The van der Waals surface area contributed by atoms with E-state index in [0.29, 0.717) is 5.56 Å². The molecule has 0 aliphatic heterocycles. The van der Waals surface area contributed by atoms with E-state index >= 15 is 0 Å². The van der Waals surface area contributed by atoms with Crippen molar-refractivity contribution >= 4 is 11.6 Å². The first-order valence-electron chi connectivity index (χ1n) is 7.27. The average Bonchev–Trinajstić information content (AvgIpc) is 2.54. The topological polar surface area (TPSA) is 54.0 Å². The Balaban J connectivity index is 2.10. The van der Waals surface area contributed by atoms with Crippen LogP contribution in [0.15, 0.2) is 48.7 Å². The molecule has 2 aromatic rings. The number of rotatable bonds is 6. The molecule has 1 aromatic heterocycles. The van der Waals surface area contributed by atoms with Gasteiger partial charge in [0.1, 0.15) is 0 Å². The summed E-state index contributed by atoms with van der Waals surface area (Å²) < 4.78 is 0. The van der Waals surface area contributed by atoms with Crippen molar-refractivity contribution in [3.8, 4) is 0 Å². The van der Waals surface area contributed by atoms with Crippen molar-refractivity contribution in [2.45, 2.75) is 26.3 Å². The summed E-state index contributed by atoms with van der Waals surface area (Å²) in [5, 5.41) is 6.27. The Morgan fingerprint density at radius 1 is 1.19 bits per heavy atom. The second-order valence-corrected chi connectivity index (χ2v) is 4.92. The van der Waals surface area contributed by atoms with Crippen molar-refractivity contribution in [3.05, 3.63) is 59.9 Å². The van der Waals surface area contributed by atoms with Crippen LogP contribution in [0, 0.1) is 0 Å². The lowest BCUT2D eigenvalue weighted by atomic mass is 10.1. The van der Waals surface area contributed by atoms with E-state index in [2.05, 4.69) is 22.5 Å². The molecule has 0 spiro atoms. The van der Waals surface area contributed by atoms with E-state index in [4.69, 9.17) is 0 Å². The molecule has 1 aromatic carbocycles. The summed E-state index contributed by atoms with van der Waals surface area (Å²) in [6.07, 6.45) is 2.75. The van der Waals surface area contributed by atoms with Gasteiger partial charge in [0.2, 0.25) is 0 Å². The zero-order chi connectivity index (χ0) is 15.1. The van der Waals surface area contributed by atoms with Gasteiger partial charge in [-0.25, -0.2) is 0 Å². The highest BCUT2D eigenvalue weighted by molar-refractivity contribution is 5.99. The molecule has 0 saturated carbocycles. The third-order valence-electron chi connectivity index (χ3n) is 3.22. The summed E-state index contributed by atoms with van der Waals surface area (Å²) in [5.41, 5.74) is 2.38. The largest absolute Gasteiger partial charge is 0.384 e. The number of pyridine rings is 1. The van der Waals surface area contributed by atoms with Crippen LogP contribution in [-0.2, 0) is 0 Å². The average molecular weight is 283 g/mol. The molecule has 21 heavy (non-hydrogen) atoms. The smallest absolute Gasteiger partial charge is 0.253 e. The summed E-state index contributed by atoms with van der Waals surface area (Å²) in [4.78, 5) is 16.7. The molecule has 4 heteroatoms. The lowest BCUT2D eigenvalue weighted by Crippen LogP contribution is -2.28. The fraction of sp³-hybridized carbons (Fsp3) is 0.294. The lowest BCUT2D eigenvalue weighted by molar-refractivity contribution is 0.0940. The van der Waals surface area contributed by atoms with Crippen LogP contribution in [0.5, 0.6) is 0 Å². The van der Waals surface area contributed by atoms with Crippen molar-refractivity contribution in [2.24, 2.45) is 0 Å². The Hall–Kier alpha value is -2.36. The normalized spacial score (nSPS) is 11.7. The van der Waals surface area contributed by atoms with Crippen LogP contribution in [0.3, 0.4) is 0 Å². The molecule has 1 unspecified atom stereocenters. The molecular formula is C17H21N3O. The Kier molecular flexibility index (Phi) is 5.32. The van der Waals surface area contributed by atoms with Crippen molar-refractivity contribution in [3.63, 3.8) is 0 Å². The number of anilines is 1. The summed E-state index contributed by atoms with van der Waals surface area (Å²) in [6.45, 7) is 4.88. The van der Waals surface area contributed by atoms with E-state index in [1.807, 2.05) is 49.4 Å². The molecule has 0 aliphatic carbocycles.